The zero-order valence-corrected chi connectivity index (χ0v) is 13.8. The maximum absolute atomic E-state index is 5.34. The Morgan fingerprint density at radius 1 is 1.19 bits per heavy atom. The summed E-state index contributed by atoms with van der Waals surface area (Å²) >= 11 is 3.50. The van der Waals surface area contributed by atoms with Crippen LogP contribution in [-0.4, -0.2) is 25.7 Å². The van der Waals surface area contributed by atoms with Crippen molar-refractivity contribution in [2.75, 3.05) is 20.8 Å². The molecule has 0 saturated heterocycles. The number of nitrogens with one attached hydrogen (secondary N) is 1. The van der Waals surface area contributed by atoms with Crippen molar-refractivity contribution in [1.29, 1.82) is 0 Å². The van der Waals surface area contributed by atoms with E-state index in [2.05, 4.69) is 26.2 Å². The predicted molar refractivity (Wildman–Crippen MR) is 86.9 cm³/mol. The number of pyridine rings is 1. The van der Waals surface area contributed by atoms with E-state index in [1.807, 2.05) is 36.5 Å². The quantitative estimate of drug-likeness (QED) is 0.778. The van der Waals surface area contributed by atoms with Crippen molar-refractivity contribution in [2.24, 2.45) is 0 Å². The minimum absolute atomic E-state index is 0.717. The summed E-state index contributed by atoms with van der Waals surface area (Å²) in [6, 6.07) is 9.99. The monoisotopic (exact) mass is 350 g/mol. The molecule has 5 heteroatoms. The summed E-state index contributed by atoms with van der Waals surface area (Å²) in [6.45, 7) is 1.65. The molecular formula is C16H19BrN2O2. The van der Waals surface area contributed by atoms with Gasteiger partial charge < -0.3 is 14.8 Å². The van der Waals surface area contributed by atoms with Crippen molar-refractivity contribution in [3.63, 3.8) is 0 Å². The third-order valence-electron chi connectivity index (χ3n) is 3.11. The number of ether oxygens (including phenoxy) is 2. The van der Waals surface area contributed by atoms with E-state index in [0.717, 1.165) is 46.7 Å². The SMILES string of the molecule is COc1cc(CNCCc2ccccn2)cc(Br)c1OC. The largest absolute Gasteiger partial charge is 0.493 e. The normalized spacial score (nSPS) is 10.4. The molecule has 1 aromatic carbocycles. The van der Waals surface area contributed by atoms with Gasteiger partial charge in [0.05, 0.1) is 18.7 Å². The van der Waals surface area contributed by atoms with Gasteiger partial charge in [0.2, 0.25) is 0 Å². The lowest BCUT2D eigenvalue weighted by Gasteiger charge is -2.12. The molecule has 0 bridgehead atoms. The Bertz CT molecular complexity index is 576. The van der Waals surface area contributed by atoms with E-state index in [1.54, 1.807) is 14.2 Å². The maximum atomic E-state index is 5.34. The van der Waals surface area contributed by atoms with Gasteiger partial charge in [-0.3, -0.25) is 4.98 Å². The van der Waals surface area contributed by atoms with Crippen LogP contribution in [0.25, 0.3) is 0 Å². The lowest BCUT2D eigenvalue weighted by atomic mass is 10.2. The van der Waals surface area contributed by atoms with Gasteiger partial charge in [0, 0.05) is 31.4 Å². The van der Waals surface area contributed by atoms with Crippen LogP contribution in [-0.2, 0) is 13.0 Å². The van der Waals surface area contributed by atoms with Crippen molar-refractivity contribution in [1.82, 2.24) is 10.3 Å². The van der Waals surface area contributed by atoms with Crippen LogP contribution in [0.3, 0.4) is 0 Å². The molecule has 0 radical (unpaired) electrons. The first-order valence-electron chi connectivity index (χ1n) is 6.75. The molecule has 0 unspecified atom stereocenters. The van der Waals surface area contributed by atoms with Gasteiger partial charge in [-0.1, -0.05) is 6.07 Å². The minimum atomic E-state index is 0.717. The first-order valence-corrected chi connectivity index (χ1v) is 7.55. The molecule has 1 N–H and O–H groups in total. The highest BCUT2D eigenvalue weighted by Crippen LogP contribution is 2.36. The fraction of sp³-hybridized carbons (Fsp3) is 0.312. The second-order valence-corrected chi connectivity index (χ2v) is 5.42. The van der Waals surface area contributed by atoms with Crippen LogP contribution in [0.15, 0.2) is 41.0 Å². The lowest BCUT2D eigenvalue weighted by molar-refractivity contribution is 0.352. The first-order chi connectivity index (χ1) is 10.2. The molecule has 0 aliphatic carbocycles. The fourth-order valence-electron chi connectivity index (χ4n) is 2.07. The summed E-state index contributed by atoms with van der Waals surface area (Å²) in [5.74, 6) is 1.45. The third-order valence-corrected chi connectivity index (χ3v) is 3.70. The Morgan fingerprint density at radius 3 is 2.71 bits per heavy atom. The summed E-state index contributed by atoms with van der Waals surface area (Å²) in [7, 11) is 3.27. The highest BCUT2D eigenvalue weighted by molar-refractivity contribution is 9.10. The smallest absolute Gasteiger partial charge is 0.174 e. The van der Waals surface area contributed by atoms with Crippen molar-refractivity contribution < 1.29 is 9.47 Å². The predicted octanol–water partition coefficient (Wildman–Crippen LogP) is 3.19. The molecule has 0 spiro atoms. The average molecular weight is 351 g/mol. The molecule has 1 aromatic heterocycles. The van der Waals surface area contributed by atoms with Gasteiger partial charge in [0.15, 0.2) is 11.5 Å². The van der Waals surface area contributed by atoms with Crippen LogP contribution < -0.4 is 14.8 Å². The Morgan fingerprint density at radius 2 is 2.05 bits per heavy atom. The van der Waals surface area contributed by atoms with E-state index < -0.39 is 0 Å². The maximum Gasteiger partial charge on any atom is 0.174 e. The van der Waals surface area contributed by atoms with Gasteiger partial charge in [-0.2, -0.15) is 0 Å². The van der Waals surface area contributed by atoms with Crippen molar-refractivity contribution >= 4 is 15.9 Å². The number of hydrogen-bond donors (Lipinski definition) is 1. The molecule has 0 aliphatic rings. The number of halogens is 1. The molecular weight excluding hydrogens is 332 g/mol. The van der Waals surface area contributed by atoms with Gasteiger partial charge in [0.25, 0.3) is 0 Å². The summed E-state index contributed by atoms with van der Waals surface area (Å²) in [5.41, 5.74) is 2.24. The number of rotatable bonds is 7. The standard InChI is InChI=1S/C16H19BrN2O2/c1-20-15-10-12(9-14(17)16(15)21-2)11-18-8-6-13-5-3-4-7-19-13/h3-5,7,9-10,18H,6,8,11H2,1-2H3. The van der Waals surface area contributed by atoms with E-state index in [1.165, 1.54) is 0 Å². The zero-order valence-electron chi connectivity index (χ0n) is 12.2. The molecule has 1 heterocycles. The molecule has 2 rings (SSSR count). The second kappa shape index (κ2) is 8.00. The van der Waals surface area contributed by atoms with E-state index in [4.69, 9.17) is 9.47 Å². The van der Waals surface area contributed by atoms with Crippen molar-refractivity contribution in [3.8, 4) is 11.5 Å². The van der Waals surface area contributed by atoms with Crippen molar-refractivity contribution in [3.05, 3.63) is 52.3 Å². The second-order valence-electron chi connectivity index (χ2n) is 4.56. The third kappa shape index (κ3) is 4.44. The summed E-state index contributed by atoms with van der Waals surface area (Å²) < 4.78 is 11.5. The summed E-state index contributed by atoms with van der Waals surface area (Å²) in [4.78, 5) is 4.30. The minimum Gasteiger partial charge on any atom is -0.493 e. The van der Waals surface area contributed by atoms with Crippen LogP contribution in [0.4, 0.5) is 0 Å². The van der Waals surface area contributed by atoms with Crippen molar-refractivity contribution in [2.45, 2.75) is 13.0 Å². The highest BCUT2D eigenvalue weighted by atomic mass is 79.9. The molecule has 0 amide bonds. The molecule has 0 atom stereocenters. The van der Waals surface area contributed by atoms with Crippen LogP contribution >= 0.6 is 15.9 Å². The van der Waals surface area contributed by atoms with Gasteiger partial charge >= 0.3 is 0 Å². The van der Waals surface area contributed by atoms with Crippen LogP contribution in [0, 0.1) is 0 Å². The Kier molecular flexibility index (Phi) is 6.02. The van der Waals surface area contributed by atoms with Crippen LogP contribution in [0.1, 0.15) is 11.3 Å². The number of methoxy groups -OCH3 is 2. The fourth-order valence-corrected chi connectivity index (χ4v) is 2.72. The Balaban J connectivity index is 1.90. The Hall–Kier alpha value is -1.59. The topological polar surface area (TPSA) is 43.4 Å². The molecule has 112 valence electrons. The number of hydrogen-bond acceptors (Lipinski definition) is 4. The lowest BCUT2D eigenvalue weighted by Crippen LogP contribution is -2.17. The van der Waals surface area contributed by atoms with Crippen LogP contribution in [0.5, 0.6) is 11.5 Å². The van der Waals surface area contributed by atoms with Gasteiger partial charge in [-0.25, -0.2) is 0 Å². The van der Waals surface area contributed by atoms with E-state index in [0.29, 0.717) is 0 Å². The average Bonchev–Trinajstić information content (AvgIpc) is 2.52. The number of benzene rings is 1. The van der Waals surface area contributed by atoms with Gasteiger partial charge in [-0.15, -0.1) is 0 Å². The molecule has 0 aliphatic heterocycles. The molecule has 0 fully saturated rings. The molecule has 21 heavy (non-hydrogen) atoms. The number of nitrogens with zero attached hydrogens (tertiary/aromatic N) is 1. The summed E-state index contributed by atoms with van der Waals surface area (Å²) in [6.07, 6.45) is 2.73. The van der Waals surface area contributed by atoms with E-state index in [9.17, 15) is 0 Å². The first kappa shape index (κ1) is 15.8. The summed E-state index contributed by atoms with van der Waals surface area (Å²) in [5, 5.41) is 3.41. The van der Waals surface area contributed by atoms with Gasteiger partial charge in [-0.05, 0) is 45.8 Å². The van der Waals surface area contributed by atoms with Crippen LogP contribution in [0.2, 0.25) is 0 Å². The molecule has 2 aromatic rings. The zero-order chi connectivity index (χ0) is 15.1. The number of aromatic nitrogens is 1. The molecule has 4 nitrogen and oxygen atoms in total. The van der Waals surface area contributed by atoms with E-state index >= 15 is 0 Å². The molecule has 0 saturated carbocycles. The Labute approximate surface area is 133 Å². The van der Waals surface area contributed by atoms with E-state index in [-0.39, 0.29) is 0 Å². The highest BCUT2D eigenvalue weighted by Gasteiger charge is 2.10. The van der Waals surface area contributed by atoms with Gasteiger partial charge in [0.1, 0.15) is 0 Å².